The third kappa shape index (κ3) is 4.41. The van der Waals surface area contributed by atoms with Crippen LogP contribution in [0.25, 0.3) is 0 Å². The van der Waals surface area contributed by atoms with Gasteiger partial charge in [0.25, 0.3) is 0 Å². The van der Waals surface area contributed by atoms with E-state index < -0.39 is 0 Å². The predicted octanol–water partition coefficient (Wildman–Crippen LogP) is 7.27. The van der Waals surface area contributed by atoms with Gasteiger partial charge in [-0.25, -0.2) is 4.39 Å². The van der Waals surface area contributed by atoms with Gasteiger partial charge in [0.2, 0.25) is 0 Å². The topological polar surface area (TPSA) is 9.23 Å². The van der Waals surface area contributed by atoms with E-state index in [0.717, 1.165) is 24.2 Å². The molecule has 0 aromatic heterocycles. The van der Waals surface area contributed by atoms with E-state index in [0.29, 0.717) is 5.75 Å². The monoisotopic (exact) mass is 395 g/mol. The largest absolute Gasteiger partial charge is 0.484 e. The number of hydrogen-bond acceptors (Lipinski definition) is 1. The van der Waals surface area contributed by atoms with Gasteiger partial charge in [0.15, 0.2) is 26.3 Å². The molecule has 146 valence electrons. The molecule has 0 unspecified atom stereocenters. The van der Waals surface area contributed by atoms with Crippen molar-refractivity contribution in [3.63, 3.8) is 0 Å². The summed E-state index contributed by atoms with van der Waals surface area (Å²) in [5.74, 6) is 0.0561. The lowest BCUT2D eigenvalue weighted by molar-refractivity contribution is 0.0515. The van der Waals surface area contributed by atoms with E-state index >= 15 is 0 Å². The summed E-state index contributed by atoms with van der Waals surface area (Å²) in [6.07, 6.45) is 2.56. The Morgan fingerprint density at radius 1 is 0.714 bits per heavy atom. The molecular weight excluding hydrogens is 367 g/mol. The summed E-state index contributed by atoms with van der Waals surface area (Å²) in [6, 6.07) is 26.1. The van der Waals surface area contributed by atoms with E-state index in [1.807, 2.05) is 24.3 Å². The average molecular weight is 396 g/mol. The first-order valence-electron chi connectivity index (χ1n) is 9.95. The second-order valence-electron chi connectivity index (χ2n) is 6.87. The molecule has 1 nitrogen and oxygen atoms in total. The van der Waals surface area contributed by atoms with Gasteiger partial charge in [0.1, 0.15) is 5.60 Å². The highest BCUT2D eigenvalue weighted by Crippen LogP contribution is 2.36. The Balaban J connectivity index is 2.07. The van der Waals surface area contributed by atoms with E-state index in [2.05, 4.69) is 69.3 Å². The van der Waals surface area contributed by atoms with Crippen LogP contribution in [0, 0.1) is 5.82 Å². The van der Waals surface area contributed by atoms with Gasteiger partial charge in [0, 0.05) is 6.07 Å². The van der Waals surface area contributed by atoms with Gasteiger partial charge in [-0.1, -0.05) is 57.2 Å². The molecule has 3 rings (SSSR count). The molecule has 0 fully saturated rings. The van der Waals surface area contributed by atoms with Gasteiger partial charge < -0.3 is 4.74 Å². The number of halogens is 1. The van der Waals surface area contributed by atoms with Crippen molar-refractivity contribution in [3.8, 4) is 5.75 Å². The standard InChI is InChI=1S/C25H28FOS/c1-4-25(5-2,6-3)27-24-19-22(17-18-23(24)26)28(20-13-9-7-10-14-20)21-15-11-8-12-16-21/h7-19H,4-6H2,1-3H3/q+1. The minimum Gasteiger partial charge on any atom is -0.484 e. The molecule has 3 aromatic carbocycles. The van der Waals surface area contributed by atoms with E-state index in [-0.39, 0.29) is 22.3 Å². The molecule has 0 atom stereocenters. The Hall–Kier alpha value is -2.26. The first-order chi connectivity index (χ1) is 13.6. The van der Waals surface area contributed by atoms with E-state index in [1.165, 1.54) is 9.79 Å². The molecule has 0 aliphatic heterocycles. The van der Waals surface area contributed by atoms with Crippen LogP contribution in [0.3, 0.4) is 0 Å². The van der Waals surface area contributed by atoms with Crippen LogP contribution in [0.4, 0.5) is 4.39 Å². The van der Waals surface area contributed by atoms with Crippen molar-refractivity contribution in [2.24, 2.45) is 0 Å². The van der Waals surface area contributed by atoms with E-state index in [9.17, 15) is 4.39 Å². The van der Waals surface area contributed by atoms with Gasteiger partial charge in [-0.05, 0) is 55.7 Å². The lowest BCUT2D eigenvalue weighted by Crippen LogP contribution is -2.34. The van der Waals surface area contributed by atoms with Crippen molar-refractivity contribution >= 4 is 10.9 Å². The van der Waals surface area contributed by atoms with Crippen LogP contribution in [-0.2, 0) is 10.9 Å². The first-order valence-corrected chi connectivity index (χ1v) is 11.2. The molecule has 28 heavy (non-hydrogen) atoms. The predicted molar refractivity (Wildman–Crippen MR) is 116 cm³/mol. The maximum absolute atomic E-state index is 14.7. The summed E-state index contributed by atoms with van der Waals surface area (Å²) in [5, 5.41) is 0. The number of hydrogen-bond donors (Lipinski definition) is 0. The lowest BCUT2D eigenvalue weighted by Gasteiger charge is -2.31. The Morgan fingerprint density at radius 3 is 1.68 bits per heavy atom. The first kappa shape index (κ1) is 20.5. The summed E-state index contributed by atoms with van der Waals surface area (Å²) in [5.41, 5.74) is -0.322. The van der Waals surface area contributed by atoms with E-state index in [4.69, 9.17) is 4.74 Å². The van der Waals surface area contributed by atoms with Crippen molar-refractivity contribution in [2.45, 2.75) is 60.3 Å². The summed E-state index contributed by atoms with van der Waals surface area (Å²) >= 11 is 0. The molecule has 3 aromatic rings. The number of benzene rings is 3. The smallest absolute Gasteiger partial charge is 0.170 e. The molecule has 3 heteroatoms. The Labute approximate surface area is 170 Å². The van der Waals surface area contributed by atoms with E-state index in [1.54, 1.807) is 6.07 Å². The summed E-state index contributed by atoms with van der Waals surface area (Å²) < 4.78 is 20.9. The van der Waals surface area contributed by atoms with Crippen LogP contribution in [-0.4, -0.2) is 5.60 Å². The summed E-state index contributed by atoms with van der Waals surface area (Å²) in [4.78, 5) is 3.48. The van der Waals surface area contributed by atoms with Crippen LogP contribution < -0.4 is 4.74 Å². The SMILES string of the molecule is CCC(CC)(CC)Oc1cc([S+](c2ccccc2)c2ccccc2)ccc1F. The number of rotatable bonds is 8. The van der Waals surface area contributed by atoms with Crippen molar-refractivity contribution < 1.29 is 9.13 Å². The molecule has 0 heterocycles. The Bertz CT molecular complexity index is 828. The third-order valence-corrected chi connectivity index (χ3v) is 7.57. The quantitative estimate of drug-likeness (QED) is 0.364. The second kappa shape index (κ2) is 9.29. The average Bonchev–Trinajstić information content (AvgIpc) is 2.76. The van der Waals surface area contributed by atoms with Crippen molar-refractivity contribution in [1.82, 2.24) is 0 Å². The summed E-state index contributed by atoms with van der Waals surface area (Å²) in [6.45, 7) is 6.31. The molecule has 0 saturated heterocycles. The van der Waals surface area contributed by atoms with Gasteiger partial charge >= 0.3 is 0 Å². The molecule has 0 aliphatic carbocycles. The fourth-order valence-corrected chi connectivity index (χ4v) is 5.51. The van der Waals surface area contributed by atoms with Crippen molar-refractivity contribution in [1.29, 1.82) is 0 Å². The van der Waals surface area contributed by atoms with Gasteiger partial charge in [-0.15, -0.1) is 0 Å². The fourth-order valence-electron chi connectivity index (χ4n) is 3.41. The van der Waals surface area contributed by atoms with Gasteiger partial charge in [-0.3, -0.25) is 0 Å². The molecule has 0 amide bonds. The minimum absolute atomic E-state index is 0.298. The minimum atomic E-state index is -0.322. The zero-order valence-electron chi connectivity index (χ0n) is 16.8. The molecular formula is C25H28FOS+. The van der Waals surface area contributed by atoms with Gasteiger partial charge in [0.05, 0.1) is 10.9 Å². The van der Waals surface area contributed by atoms with Crippen LogP contribution in [0.5, 0.6) is 5.75 Å². The van der Waals surface area contributed by atoms with Crippen molar-refractivity contribution in [3.05, 3.63) is 84.7 Å². The summed E-state index contributed by atoms with van der Waals surface area (Å²) in [7, 11) is -0.314. The Kier molecular flexibility index (Phi) is 6.79. The van der Waals surface area contributed by atoms with Crippen LogP contribution in [0.15, 0.2) is 93.5 Å². The zero-order chi connectivity index (χ0) is 20.0. The van der Waals surface area contributed by atoms with Gasteiger partial charge in [-0.2, -0.15) is 0 Å². The van der Waals surface area contributed by atoms with Crippen LogP contribution >= 0.6 is 0 Å². The maximum atomic E-state index is 14.7. The molecule has 0 saturated carbocycles. The van der Waals surface area contributed by atoms with Crippen LogP contribution in [0.2, 0.25) is 0 Å². The fraction of sp³-hybridized carbons (Fsp3) is 0.280. The maximum Gasteiger partial charge on any atom is 0.170 e. The normalized spacial score (nSPS) is 11.6. The highest BCUT2D eigenvalue weighted by atomic mass is 32.2. The third-order valence-electron chi connectivity index (χ3n) is 5.36. The molecule has 0 bridgehead atoms. The van der Waals surface area contributed by atoms with Crippen molar-refractivity contribution in [2.75, 3.05) is 0 Å². The lowest BCUT2D eigenvalue weighted by atomic mass is 9.94. The zero-order valence-corrected chi connectivity index (χ0v) is 17.6. The highest BCUT2D eigenvalue weighted by Gasteiger charge is 2.32. The molecule has 0 N–H and O–H groups in total. The number of ether oxygens (including phenoxy) is 1. The Morgan fingerprint density at radius 2 is 1.21 bits per heavy atom. The highest BCUT2D eigenvalue weighted by molar-refractivity contribution is 7.97. The second-order valence-corrected chi connectivity index (χ2v) is 8.90. The molecule has 0 radical (unpaired) electrons. The molecule has 0 spiro atoms. The molecule has 0 aliphatic rings. The van der Waals surface area contributed by atoms with Crippen LogP contribution in [0.1, 0.15) is 40.0 Å².